The van der Waals surface area contributed by atoms with Crippen LogP contribution in [0.5, 0.6) is 5.75 Å². The smallest absolute Gasteiger partial charge is 0.295 e. The number of rotatable bonds is 9. The maximum Gasteiger partial charge on any atom is 0.295 e. The second kappa shape index (κ2) is 10.4. The Morgan fingerprint density at radius 3 is 2.31 bits per heavy atom. The van der Waals surface area contributed by atoms with Gasteiger partial charge in [0.15, 0.2) is 0 Å². The second-order valence-corrected chi connectivity index (χ2v) is 7.50. The van der Waals surface area contributed by atoms with Crippen molar-refractivity contribution in [2.24, 2.45) is 0 Å². The Morgan fingerprint density at radius 2 is 1.72 bits per heavy atom. The number of aliphatic hydroxyl groups is 1. The number of nitrogens with zero attached hydrogens (tertiary/aromatic N) is 2. The summed E-state index contributed by atoms with van der Waals surface area (Å²) >= 11 is 0. The highest BCUT2D eigenvalue weighted by atomic mass is 19.1. The molecular weight excluding hydrogens is 411 g/mol. The van der Waals surface area contributed by atoms with Gasteiger partial charge in [-0.25, -0.2) is 4.39 Å². The van der Waals surface area contributed by atoms with Crippen LogP contribution in [0, 0.1) is 5.82 Å². The standard InChI is InChI=1S/C25H29FN2O4/c1-4-27(5-2)15-16-28-22(19-9-7-8-10-20(19)26)21(24(30)25(28)31)23(29)17-11-13-18(14-12-17)32-6-3/h7-14,22,29H,4-6,15-16H2,1-3H3/t22-/m0/s1. The molecule has 1 aliphatic rings. The zero-order valence-corrected chi connectivity index (χ0v) is 18.7. The van der Waals surface area contributed by atoms with E-state index in [0.717, 1.165) is 13.1 Å². The molecule has 32 heavy (non-hydrogen) atoms. The quantitative estimate of drug-likeness (QED) is 0.363. The molecule has 1 atom stereocenters. The van der Waals surface area contributed by atoms with Crippen LogP contribution in [-0.4, -0.2) is 59.4 Å². The molecule has 1 saturated heterocycles. The van der Waals surface area contributed by atoms with Crippen LogP contribution < -0.4 is 4.74 Å². The SMILES string of the molecule is CCOc1ccc(C(O)=C2C(=O)C(=O)N(CCN(CC)CC)[C@H]2c2ccccc2F)cc1. The number of likely N-dealkylation sites (tertiary alicyclic amines) is 1. The number of aliphatic hydroxyl groups excluding tert-OH is 1. The van der Waals surface area contributed by atoms with Crippen molar-refractivity contribution in [2.75, 3.05) is 32.8 Å². The van der Waals surface area contributed by atoms with Gasteiger partial charge in [0.2, 0.25) is 0 Å². The Balaban J connectivity index is 2.08. The van der Waals surface area contributed by atoms with Crippen molar-refractivity contribution in [3.05, 3.63) is 71.0 Å². The van der Waals surface area contributed by atoms with E-state index in [1.54, 1.807) is 42.5 Å². The fourth-order valence-electron chi connectivity index (χ4n) is 3.95. The normalized spacial score (nSPS) is 17.9. The first-order valence-corrected chi connectivity index (χ1v) is 10.9. The van der Waals surface area contributed by atoms with E-state index < -0.39 is 23.5 Å². The fourth-order valence-corrected chi connectivity index (χ4v) is 3.95. The first kappa shape index (κ1) is 23.5. The molecular formula is C25H29FN2O4. The van der Waals surface area contributed by atoms with Gasteiger partial charge in [-0.3, -0.25) is 9.59 Å². The molecule has 1 heterocycles. The lowest BCUT2D eigenvalue weighted by molar-refractivity contribution is -0.140. The third kappa shape index (κ3) is 4.67. The zero-order valence-electron chi connectivity index (χ0n) is 18.7. The van der Waals surface area contributed by atoms with Crippen LogP contribution in [-0.2, 0) is 9.59 Å². The van der Waals surface area contributed by atoms with Crippen LogP contribution >= 0.6 is 0 Å². The molecule has 0 aromatic heterocycles. The van der Waals surface area contributed by atoms with Crippen molar-refractivity contribution in [3.63, 3.8) is 0 Å². The predicted molar refractivity (Wildman–Crippen MR) is 121 cm³/mol. The van der Waals surface area contributed by atoms with Gasteiger partial charge in [-0.15, -0.1) is 0 Å². The summed E-state index contributed by atoms with van der Waals surface area (Å²) in [5.41, 5.74) is 0.430. The minimum Gasteiger partial charge on any atom is -0.507 e. The second-order valence-electron chi connectivity index (χ2n) is 7.50. The number of carbonyl (C=O) groups is 2. The highest BCUT2D eigenvalue weighted by Gasteiger charge is 2.46. The molecule has 1 N–H and O–H groups in total. The lowest BCUT2D eigenvalue weighted by atomic mass is 9.95. The Kier molecular flexibility index (Phi) is 7.64. The van der Waals surface area contributed by atoms with Gasteiger partial charge in [-0.1, -0.05) is 32.0 Å². The lowest BCUT2D eigenvalue weighted by Gasteiger charge is -2.28. The van der Waals surface area contributed by atoms with Gasteiger partial charge in [-0.05, 0) is 50.3 Å². The van der Waals surface area contributed by atoms with Crippen molar-refractivity contribution in [1.82, 2.24) is 9.80 Å². The van der Waals surface area contributed by atoms with Crippen LogP contribution in [0.25, 0.3) is 5.76 Å². The summed E-state index contributed by atoms with van der Waals surface area (Å²) in [5.74, 6) is -1.80. The minimum atomic E-state index is -1.00. The van der Waals surface area contributed by atoms with Crippen LogP contribution in [0.4, 0.5) is 4.39 Å². The van der Waals surface area contributed by atoms with E-state index in [2.05, 4.69) is 4.90 Å². The maximum absolute atomic E-state index is 14.8. The van der Waals surface area contributed by atoms with E-state index in [1.807, 2.05) is 20.8 Å². The summed E-state index contributed by atoms with van der Waals surface area (Å²) in [6, 6.07) is 11.6. The molecule has 170 valence electrons. The van der Waals surface area contributed by atoms with Gasteiger partial charge in [0.1, 0.15) is 17.3 Å². The number of likely N-dealkylation sites (N-methyl/N-ethyl adjacent to an activating group) is 1. The number of hydrogen-bond acceptors (Lipinski definition) is 5. The van der Waals surface area contributed by atoms with Crippen molar-refractivity contribution >= 4 is 17.4 Å². The van der Waals surface area contributed by atoms with Gasteiger partial charge < -0.3 is 19.6 Å². The van der Waals surface area contributed by atoms with E-state index in [0.29, 0.717) is 24.5 Å². The third-order valence-electron chi connectivity index (χ3n) is 5.73. The van der Waals surface area contributed by atoms with Crippen molar-refractivity contribution in [2.45, 2.75) is 26.8 Å². The number of Topliss-reactive ketones (excluding diaryl/α,β-unsaturated/α-hetero) is 1. The van der Waals surface area contributed by atoms with Crippen molar-refractivity contribution in [3.8, 4) is 5.75 Å². The molecule has 7 heteroatoms. The molecule has 0 bridgehead atoms. The topological polar surface area (TPSA) is 70.1 Å². The summed E-state index contributed by atoms with van der Waals surface area (Å²) < 4.78 is 20.2. The molecule has 3 rings (SSSR count). The Labute approximate surface area is 187 Å². The molecule has 0 radical (unpaired) electrons. The summed E-state index contributed by atoms with van der Waals surface area (Å²) in [6.45, 7) is 8.74. The molecule has 1 amide bonds. The molecule has 1 aliphatic heterocycles. The molecule has 0 unspecified atom stereocenters. The van der Waals surface area contributed by atoms with Gasteiger partial charge in [0, 0.05) is 24.2 Å². The van der Waals surface area contributed by atoms with Crippen molar-refractivity contribution in [1.29, 1.82) is 0 Å². The molecule has 0 saturated carbocycles. The van der Waals surface area contributed by atoms with Crippen LogP contribution in [0.3, 0.4) is 0 Å². The number of hydrogen-bond donors (Lipinski definition) is 1. The number of ketones is 1. The highest BCUT2D eigenvalue weighted by molar-refractivity contribution is 6.46. The van der Waals surface area contributed by atoms with Gasteiger partial charge >= 0.3 is 0 Å². The average Bonchev–Trinajstić information content (AvgIpc) is 3.05. The first-order chi connectivity index (χ1) is 15.4. The van der Waals surface area contributed by atoms with Gasteiger partial charge in [0.25, 0.3) is 11.7 Å². The minimum absolute atomic E-state index is 0.108. The van der Waals surface area contributed by atoms with Gasteiger partial charge in [0.05, 0.1) is 18.2 Å². The summed E-state index contributed by atoms with van der Waals surface area (Å²) in [4.78, 5) is 29.4. The van der Waals surface area contributed by atoms with Crippen LogP contribution in [0.2, 0.25) is 0 Å². The third-order valence-corrected chi connectivity index (χ3v) is 5.73. The fraction of sp³-hybridized carbons (Fsp3) is 0.360. The molecule has 6 nitrogen and oxygen atoms in total. The summed E-state index contributed by atoms with van der Waals surface area (Å²) in [6.07, 6.45) is 0. The number of benzene rings is 2. The Morgan fingerprint density at radius 1 is 1.06 bits per heavy atom. The van der Waals surface area contributed by atoms with E-state index in [4.69, 9.17) is 4.74 Å². The van der Waals surface area contributed by atoms with E-state index in [9.17, 15) is 19.1 Å². The lowest BCUT2D eigenvalue weighted by Crippen LogP contribution is -2.38. The highest BCUT2D eigenvalue weighted by Crippen LogP contribution is 2.40. The largest absolute Gasteiger partial charge is 0.507 e. The zero-order chi connectivity index (χ0) is 23.3. The molecule has 1 fully saturated rings. The number of halogens is 1. The average molecular weight is 441 g/mol. The number of carbonyl (C=O) groups excluding carboxylic acids is 2. The van der Waals surface area contributed by atoms with Crippen LogP contribution in [0.1, 0.15) is 37.9 Å². The molecule has 0 aliphatic carbocycles. The van der Waals surface area contributed by atoms with E-state index in [-0.39, 0.29) is 23.4 Å². The first-order valence-electron chi connectivity index (χ1n) is 10.9. The summed E-state index contributed by atoms with van der Waals surface area (Å²) in [5, 5.41) is 11.0. The van der Waals surface area contributed by atoms with Crippen molar-refractivity contribution < 1.29 is 23.8 Å². The Hall–Kier alpha value is -3.19. The van der Waals surface area contributed by atoms with Crippen LogP contribution in [0.15, 0.2) is 54.1 Å². The molecule has 2 aromatic carbocycles. The Bertz CT molecular complexity index is 999. The molecule has 0 spiro atoms. The van der Waals surface area contributed by atoms with Gasteiger partial charge in [-0.2, -0.15) is 0 Å². The van der Waals surface area contributed by atoms with E-state index >= 15 is 0 Å². The number of ether oxygens (including phenoxy) is 1. The molecule has 2 aromatic rings. The maximum atomic E-state index is 14.8. The summed E-state index contributed by atoms with van der Waals surface area (Å²) in [7, 11) is 0. The predicted octanol–water partition coefficient (Wildman–Crippen LogP) is 3.99. The van der Waals surface area contributed by atoms with E-state index in [1.165, 1.54) is 11.0 Å². The monoisotopic (exact) mass is 440 g/mol. The number of amides is 1.